The van der Waals surface area contributed by atoms with E-state index in [4.69, 9.17) is 0 Å². The van der Waals surface area contributed by atoms with E-state index in [0.717, 1.165) is 0 Å². The van der Waals surface area contributed by atoms with Crippen molar-refractivity contribution in [1.82, 2.24) is 24.9 Å². The van der Waals surface area contributed by atoms with Gasteiger partial charge < -0.3 is 30.8 Å². The molecule has 1 amide bonds. The highest BCUT2D eigenvalue weighted by atomic mass is 16.4. The van der Waals surface area contributed by atoms with Gasteiger partial charge in [-0.2, -0.15) is 0 Å². The maximum atomic E-state index is 12.5. The Bertz CT molecular complexity index is 1010. The van der Waals surface area contributed by atoms with Crippen LogP contribution in [0.15, 0.2) is 24.3 Å². The Morgan fingerprint density at radius 3 is 1.40 bits per heavy atom. The molecule has 1 atom stereocenters. The molecule has 0 aromatic heterocycles. The van der Waals surface area contributed by atoms with Crippen molar-refractivity contribution < 1.29 is 49.5 Å². The number of rotatable bonds is 12. The Morgan fingerprint density at radius 2 is 1.02 bits per heavy atom. The summed E-state index contributed by atoms with van der Waals surface area (Å²) in [5, 5.41) is 50.4. The van der Waals surface area contributed by atoms with Crippen LogP contribution in [0.1, 0.15) is 20.7 Å². The minimum absolute atomic E-state index is 0.0425. The number of β-amino-alcohol motifs (C(OH)–C–C–N with tert-alkyl or cyclic N) is 1. The molecule has 15 nitrogen and oxygen atoms in total. The molecule has 0 radical (unpaired) electrons. The molecule has 1 aromatic carbocycles. The van der Waals surface area contributed by atoms with Crippen LogP contribution in [-0.4, -0.2) is 166 Å². The molecule has 0 aliphatic carbocycles. The number of carbonyl (C=O) groups is 5. The van der Waals surface area contributed by atoms with Crippen molar-refractivity contribution in [3.05, 3.63) is 35.4 Å². The summed E-state index contributed by atoms with van der Waals surface area (Å²) in [6, 6.07) is 5.70. The Balaban J connectivity index is 2.09. The summed E-state index contributed by atoms with van der Waals surface area (Å²) in [6.07, 6.45) is -1.05. The third-order valence-corrected chi connectivity index (χ3v) is 6.38. The van der Waals surface area contributed by atoms with Gasteiger partial charge in [-0.05, 0) is 12.1 Å². The standard InChI is InChI=1S/C25H37N5O10/c31-18(13-26-24(38)19-3-1-2-4-20(19)25(39)40)14-27-5-7-28(15-21(32)33)9-11-30(17-23(36)37)12-10-29(8-6-27)16-22(34)35/h1-4,18,31H,5-17H2,(H,26,38)(H,32,33)(H,34,35)(H,36,37)(H,39,40). The highest BCUT2D eigenvalue weighted by Gasteiger charge is 2.22. The number of benzene rings is 1. The molecule has 0 spiro atoms. The van der Waals surface area contributed by atoms with Crippen molar-refractivity contribution >= 4 is 29.8 Å². The van der Waals surface area contributed by atoms with Crippen molar-refractivity contribution in [3.63, 3.8) is 0 Å². The fraction of sp³-hybridized carbons (Fsp3) is 0.560. The van der Waals surface area contributed by atoms with Gasteiger partial charge in [0.15, 0.2) is 0 Å². The van der Waals surface area contributed by atoms with Gasteiger partial charge in [0.2, 0.25) is 0 Å². The molecule has 1 aliphatic rings. The Labute approximate surface area is 231 Å². The lowest BCUT2D eigenvalue weighted by Crippen LogP contribution is -2.50. The third kappa shape index (κ3) is 12.0. The Kier molecular flexibility index (Phi) is 13.4. The number of aliphatic hydroxyl groups excluding tert-OH is 1. The van der Waals surface area contributed by atoms with Gasteiger partial charge >= 0.3 is 23.9 Å². The predicted octanol–water partition coefficient (Wildman–Crippen LogP) is -2.05. The normalized spacial score (nSPS) is 17.7. The second-order valence-electron chi connectivity index (χ2n) is 9.52. The van der Waals surface area contributed by atoms with Crippen LogP contribution in [-0.2, 0) is 14.4 Å². The van der Waals surface area contributed by atoms with Crippen molar-refractivity contribution in [2.24, 2.45) is 0 Å². The van der Waals surface area contributed by atoms with E-state index in [0.29, 0.717) is 13.1 Å². The lowest BCUT2D eigenvalue weighted by molar-refractivity contribution is -0.140. The minimum Gasteiger partial charge on any atom is -0.480 e. The van der Waals surface area contributed by atoms with Crippen LogP contribution in [0.5, 0.6) is 0 Å². The second-order valence-corrected chi connectivity index (χ2v) is 9.52. The van der Waals surface area contributed by atoms with Crippen LogP contribution in [0.2, 0.25) is 0 Å². The summed E-state index contributed by atoms with van der Waals surface area (Å²) >= 11 is 0. The van der Waals surface area contributed by atoms with Gasteiger partial charge in [-0.3, -0.25) is 38.8 Å². The summed E-state index contributed by atoms with van der Waals surface area (Å²) in [4.78, 5) is 64.8. The van der Waals surface area contributed by atoms with Gasteiger partial charge in [-0.25, -0.2) is 4.79 Å². The molecule has 15 heteroatoms. The summed E-state index contributed by atoms with van der Waals surface area (Å²) in [6.45, 7) is 1.42. The summed E-state index contributed by atoms with van der Waals surface area (Å²) in [5.74, 6) is -5.04. The van der Waals surface area contributed by atoms with Crippen molar-refractivity contribution in [1.29, 1.82) is 0 Å². The van der Waals surface area contributed by atoms with Crippen LogP contribution in [0.25, 0.3) is 0 Å². The maximum absolute atomic E-state index is 12.5. The molecule has 1 saturated heterocycles. The smallest absolute Gasteiger partial charge is 0.336 e. The highest BCUT2D eigenvalue weighted by molar-refractivity contribution is 6.04. The Hall–Kier alpha value is -3.63. The molecule has 222 valence electrons. The molecule has 1 unspecified atom stereocenters. The number of aliphatic hydroxyl groups is 1. The number of carboxylic acids is 4. The second kappa shape index (κ2) is 16.5. The number of carboxylic acid groups (broad SMARTS) is 4. The number of nitrogens with zero attached hydrogens (tertiary/aromatic N) is 4. The molecule has 0 bridgehead atoms. The van der Waals surface area contributed by atoms with E-state index in [1.807, 2.05) is 4.90 Å². The van der Waals surface area contributed by atoms with Gasteiger partial charge in [0.05, 0.1) is 36.9 Å². The third-order valence-electron chi connectivity index (χ3n) is 6.38. The lowest BCUT2D eigenvalue weighted by atomic mass is 10.1. The number of nitrogens with one attached hydrogen (secondary N) is 1. The van der Waals surface area contributed by atoms with E-state index < -0.39 is 35.9 Å². The first-order valence-electron chi connectivity index (χ1n) is 12.8. The predicted molar refractivity (Wildman–Crippen MR) is 140 cm³/mol. The van der Waals surface area contributed by atoms with Gasteiger partial charge in [-0.15, -0.1) is 0 Å². The summed E-state index contributed by atoms with van der Waals surface area (Å²) in [7, 11) is 0. The zero-order chi connectivity index (χ0) is 29.7. The first-order chi connectivity index (χ1) is 18.9. The number of hydrogen-bond acceptors (Lipinski definition) is 10. The van der Waals surface area contributed by atoms with E-state index in [1.54, 1.807) is 14.7 Å². The van der Waals surface area contributed by atoms with Crippen molar-refractivity contribution in [2.45, 2.75) is 6.10 Å². The molecule has 0 saturated carbocycles. The molecule has 2 rings (SSSR count). The van der Waals surface area contributed by atoms with E-state index in [2.05, 4.69) is 5.32 Å². The molecule has 1 heterocycles. The van der Waals surface area contributed by atoms with Crippen LogP contribution in [0, 0.1) is 0 Å². The monoisotopic (exact) mass is 567 g/mol. The Morgan fingerprint density at radius 1 is 0.650 bits per heavy atom. The van der Waals surface area contributed by atoms with E-state index in [9.17, 15) is 49.5 Å². The van der Waals surface area contributed by atoms with Crippen LogP contribution in [0.3, 0.4) is 0 Å². The fourth-order valence-corrected chi connectivity index (χ4v) is 4.35. The first-order valence-corrected chi connectivity index (χ1v) is 12.8. The van der Waals surface area contributed by atoms with E-state index in [1.165, 1.54) is 24.3 Å². The average Bonchev–Trinajstić information content (AvgIpc) is 2.87. The number of amides is 1. The minimum atomic E-state index is -1.26. The number of aliphatic carboxylic acids is 3. The molecule has 1 fully saturated rings. The van der Waals surface area contributed by atoms with E-state index in [-0.39, 0.29) is 83.1 Å². The SMILES string of the molecule is O=C(O)CN1CCN(CC(=O)O)CCN(CC(O)CNC(=O)c2ccccc2C(=O)O)CCN(CC(=O)O)CC1. The molecule has 1 aliphatic heterocycles. The molecular weight excluding hydrogens is 530 g/mol. The average molecular weight is 568 g/mol. The number of aromatic carboxylic acids is 1. The molecule has 6 N–H and O–H groups in total. The van der Waals surface area contributed by atoms with Gasteiger partial charge in [-0.1, -0.05) is 12.1 Å². The largest absolute Gasteiger partial charge is 0.480 e. The zero-order valence-electron chi connectivity index (χ0n) is 22.1. The quantitative estimate of drug-likeness (QED) is 0.161. The van der Waals surface area contributed by atoms with Crippen LogP contribution >= 0.6 is 0 Å². The summed E-state index contributed by atoms with van der Waals surface area (Å²) in [5.41, 5.74) is -0.212. The lowest BCUT2D eigenvalue weighted by Gasteiger charge is -2.33. The van der Waals surface area contributed by atoms with Gasteiger partial charge in [0, 0.05) is 65.4 Å². The maximum Gasteiger partial charge on any atom is 0.336 e. The van der Waals surface area contributed by atoms with E-state index >= 15 is 0 Å². The first kappa shape index (κ1) is 32.6. The highest BCUT2D eigenvalue weighted by Crippen LogP contribution is 2.09. The van der Waals surface area contributed by atoms with Crippen LogP contribution in [0.4, 0.5) is 0 Å². The summed E-state index contributed by atoms with van der Waals surface area (Å²) < 4.78 is 0. The van der Waals surface area contributed by atoms with Crippen LogP contribution < -0.4 is 5.32 Å². The number of carbonyl (C=O) groups excluding carboxylic acids is 1. The fourth-order valence-electron chi connectivity index (χ4n) is 4.35. The topological polar surface area (TPSA) is 211 Å². The molecule has 1 aromatic rings. The molecule has 40 heavy (non-hydrogen) atoms. The zero-order valence-corrected chi connectivity index (χ0v) is 22.1. The number of hydrogen-bond donors (Lipinski definition) is 6. The van der Waals surface area contributed by atoms with Crippen molar-refractivity contribution in [2.75, 3.05) is 85.1 Å². The van der Waals surface area contributed by atoms with Gasteiger partial charge in [0.1, 0.15) is 0 Å². The van der Waals surface area contributed by atoms with Gasteiger partial charge in [0.25, 0.3) is 5.91 Å². The molecular formula is C25H37N5O10. The van der Waals surface area contributed by atoms with Crippen molar-refractivity contribution in [3.8, 4) is 0 Å².